The summed E-state index contributed by atoms with van der Waals surface area (Å²) in [6, 6.07) is 8.72. The van der Waals surface area contributed by atoms with Crippen LogP contribution in [0.3, 0.4) is 0 Å². The minimum Gasteiger partial charge on any atom is -0.493 e. The van der Waals surface area contributed by atoms with E-state index in [0.29, 0.717) is 47.4 Å². The zero-order valence-corrected chi connectivity index (χ0v) is 16.6. The average molecular weight is 416 g/mol. The highest BCUT2D eigenvalue weighted by Gasteiger charge is 2.20. The largest absolute Gasteiger partial charge is 0.493 e. The minimum absolute atomic E-state index is 0.226. The van der Waals surface area contributed by atoms with Crippen LogP contribution in [0.2, 0.25) is 0 Å². The molecule has 1 aliphatic rings. The standard InChI is InChI=1S/C22H17FN6O2/c1-30-20-5-2-13(9-25-20)16-10-26-22(29-12-14(8-24)28-21(16)29)27-11-17-15-6-7-31-19(15)4-3-18(17)23/h2-5,9-10,12H,6-7,11H2,1H3,(H,26,27). The van der Waals surface area contributed by atoms with Crippen molar-refractivity contribution in [2.24, 2.45) is 0 Å². The van der Waals surface area contributed by atoms with Crippen molar-refractivity contribution in [2.75, 3.05) is 19.0 Å². The summed E-state index contributed by atoms with van der Waals surface area (Å²) in [6.07, 6.45) is 5.58. The Balaban J connectivity index is 1.53. The van der Waals surface area contributed by atoms with Crippen molar-refractivity contribution >= 4 is 11.6 Å². The van der Waals surface area contributed by atoms with Crippen molar-refractivity contribution < 1.29 is 13.9 Å². The molecule has 0 atom stereocenters. The van der Waals surface area contributed by atoms with Crippen molar-refractivity contribution in [1.82, 2.24) is 19.4 Å². The Hall–Kier alpha value is -4.19. The monoisotopic (exact) mass is 416 g/mol. The van der Waals surface area contributed by atoms with Crippen LogP contribution in [0.5, 0.6) is 11.6 Å². The Labute approximate surface area is 176 Å². The number of aromatic nitrogens is 4. The van der Waals surface area contributed by atoms with E-state index < -0.39 is 0 Å². The van der Waals surface area contributed by atoms with E-state index in [4.69, 9.17) is 9.47 Å². The number of rotatable bonds is 5. The Morgan fingerprint density at radius 2 is 2.16 bits per heavy atom. The van der Waals surface area contributed by atoms with Gasteiger partial charge in [0.05, 0.1) is 19.9 Å². The zero-order chi connectivity index (χ0) is 21.4. The van der Waals surface area contributed by atoms with E-state index in [9.17, 15) is 9.65 Å². The lowest BCUT2D eigenvalue weighted by Crippen LogP contribution is -2.09. The number of hydrogen-bond acceptors (Lipinski definition) is 7. The number of methoxy groups -OCH3 is 1. The highest BCUT2D eigenvalue weighted by Crippen LogP contribution is 2.31. The van der Waals surface area contributed by atoms with Crippen molar-refractivity contribution in [2.45, 2.75) is 13.0 Å². The third-order valence-corrected chi connectivity index (χ3v) is 5.23. The third kappa shape index (κ3) is 3.28. The van der Waals surface area contributed by atoms with Crippen LogP contribution < -0.4 is 14.8 Å². The van der Waals surface area contributed by atoms with Crippen LogP contribution in [-0.2, 0) is 13.0 Å². The van der Waals surface area contributed by atoms with Gasteiger partial charge in [-0.3, -0.25) is 4.40 Å². The van der Waals surface area contributed by atoms with Gasteiger partial charge >= 0.3 is 0 Å². The van der Waals surface area contributed by atoms with Crippen LogP contribution in [0.15, 0.2) is 42.9 Å². The summed E-state index contributed by atoms with van der Waals surface area (Å²) in [5.74, 6) is 1.36. The highest BCUT2D eigenvalue weighted by molar-refractivity contribution is 5.78. The summed E-state index contributed by atoms with van der Waals surface area (Å²) in [5, 5.41) is 12.5. The molecule has 31 heavy (non-hydrogen) atoms. The highest BCUT2D eigenvalue weighted by atomic mass is 19.1. The van der Waals surface area contributed by atoms with Crippen LogP contribution in [0.25, 0.3) is 16.8 Å². The molecule has 0 bridgehead atoms. The number of nitrogens with zero attached hydrogens (tertiary/aromatic N) is 5. The second-order valence-corrected chi connectivity index (χ2v) is 6.97. The first-order valence-electron chi connectivity index (χ1n) is 9.63. The number of pyridine rings is 1. The quantitative estimate of drug-likeness (QED) is 0.533. The van der Waals surface area contributed by atoms with E-state index >= 15 is 0 Å². The number of benzene rings is 1. The molecule has 0 spiro atoms. The molecule has 1 N–H and O–H groups in total. The molecule has 0 saturated carbocycles. The Morgan fingerprint density at radius 3 is 2.94 bits per heavy atom. The summed E-state index contributed by atoms with van der Waals surface area (Å²) in [6.45, 7) is 0.774. The summed E-state index contributed by atoms with van der Waals surface area (Å²) in [5.41, 5.74) is 3.70. The van der Waals surface area contributed by atoms with Crippen molar-refractivity contribution in [1.29, 1.82) is 5.26 Å². The molecule has 8 nitrogen and oxygen atoms in total. The topological polar surface area (TPSA) is 97.4 Å². The Bertz CT molecular complexity index is 1330. The van der Waals surface area contributed by atoms with Gasteiger partial charge in [-0.1, -0.05) is 0 Å². The van der Waals surface area contributed by atoms with Gasteiger partial charge in [0.15, 0.2) is 11.3 Å². The molecule has 4 aromatic rings. The van der Waals surface area contributed by atoms with Gasteiger partial charge in [0.2, 0.25) is 11.8 Å². The lowest BCUT2D eigenvalue weighted by atomic mass is 10.0. The number of anilines is 1. The van der Waals surface area contributed by atoms with E-state index in [0.717, 1.165) is 11.1 Å². The maximum atomic E-state index is 14.5. The second kappa shape index (κ2) is 7.57. The molecule has 1 aliphatic heterocycles. The fourth-order valence-corrected chi connectivity index (χ4v) is 3.70. The van der Waals surface area contributed by atoms with Crippen LogP contribution in [0, 0.1) is 17.1 Å². The molecule has 0 aliphatic carbocycles. The van der Waals surface area contributed by atoms with E-state index in [1.807, 2.05) is 6.07 Å². The number of ether oxygens (including phenoxy) is 2. The number of nitriles is 1. The number of nitrogens with one attached hydrogen (secondary N) is 1. The Morgan fingerprint density at radius 1 is 1.26 bits per heavy atom. The molecule has 0 saturated heterocycles. The van der Waals surface area contributed by atoms with Gasteiger partial charge < -0.3 is 14.8 Å². The van der Waals surface area contributed by atoms with E-state index in [2.05, 4.69) is 26.3 Å². The lowest BCUT2D eigenvalue weighted by Gasteiger charge is -2.13. The number of hydrogen-bond donors (Lipinski definition) is 1. The predicted octanol–water partition coefficient (Wildman–Crippen LogP) is 3.36. The maximum Gasteiger partial charge on any atom is 0.212 e. The van der Waals surface area contributed by atoms with Crippen LogP contribution in [0.1, 0.15) is 16.8 Å². The molecule has 4 heterocycles. The van der Waals surface area contributed by atoms with E-state index in [1.165, 1.54) is 6.07 Å². The van der Waals surface area contributed by atoms with Crippen LogP contribution >= 0.6 is 0 Å². The normalized spacial score (nSPS) is 12.3. The molecular weight excluding hydrogens is 399 g/mol. The van der Waals surface area contributed by atoms with Gasteiger partial charge in [0.25, 0.3) is 0 Å². The van der Waals surface area contributed by atoms with Crippen molar-refractivity contribution in [3.8, 4) is 28.8 Å². The smallest absolute Gasteiger partial charge is 0.212 e. The molecule has 3 aromatic heterocycles. The van der Waals surface area contributed by atoms with Gasteiger partial charge in [-0.2, -0.15) is 5.26 Å². The predicted molar refractivity (Wildman–Crippen MR) is 110 cm³/mol. The first-order valence-corrected chi connectivity index (χ1v) is 9.63. The van der Waals surface area contributed by atoms with Crippen LogP contribution in [-0.4, -0.2) is 33.1 Å². The second-order valence-electron chi connectivity index (χ2n) is 6.97. The minimum atomic E-state index is -0.294. The van der Waals surface area contributed by atoms with E-state index in [1.54, 1.807) is 42.2 Å². The zero-order valence-electron chi connectivity index (χ0n) is 16.6. The van der Waals surface area contributed by atoms with Gasteiger partial charge in [0, 0.05) is 53.7 Å². The first kappa shape index (κ1) is 18.8. The number of fused-ring (bicyclic) bond motifs is 2. The molecule has 1 aromatic carbocycles. The van der Waals surface area contributed by atoms with E-state index in [-0.39, 0.29) is 18.1 Å². The van der Waals surface area contributed by atoms with Crippen molar-refractivity contribution in [3.63, 3.8) is 0 Å². The maximum absolute atomic E-state index is 14.5. The molecule has 5 rings (SSSR count). The summed E-state index contributed by atoms with van der Waals surface area (Å²) in [4.78, 5) is 13.1. The molecule has 0 radical (unpaired) electrons. The Kier molecular flexibility index (Phi) is 4.59. The molecular formula is C22H17FN6O2. The molecule has 154 valence electrons. The van der Waals surface area contributed by atoms with Gasteiger partial charge in [-0.25, -0.2) is 19.3 Å². The molecule has 0 amide bonds. The lowest BCUT2D eigenvalue weighted by molar-refractivity contribution is 0.356. The number of imidazole rings is 1. The molecule has 9 heteroatoms. The van der Waals surface area contributed by atoms with Crippen molar-refractivity contribution in [3.05, 3.63) is 65.5 Å². The van der Waals surface area contributed by atoms with Crippen LogP contribution in [0.4, 0.5) is 10.3 Å². The molecule has 0 fully saturated rings. The number of halogens is 1. The fourth-order valence-electron chi connectivity index (χ4n) is 3.70. The fraction of sp³-hybridized carbons (Fsp3) is 0.182. The van der Waals surface area contributed by atoms with Gasteiger partial charge in [-0.05, 0) is 18.2 Å². The summed E-state index contributed by atoms with van der Waals surface area (Å²) < 4.78 is 26.8. The SMILES string of the molecule is COc1ccc(-c2cnc(NCc3c(F)ccc4c3CCO4)n3cc(C#N)nc23)cn1. The van der Waals surface area contributed by atoms with Gasteiger partial charge in [0.1, 0.15) is 17.6 Å². The molecule has 0 unspecified atom stereocenters. The third-order valence-electron chi connectivity index (χ3n) is 5.23. The summed E-state index contributed by atoms with van der Waals surface area (Å²) in [7, 11) is 1.55. The first-order chi connectivity index (χ1) is 15.2. The average Bonchev–Trinajstić information content (AvgIpc) is 3.45. The summed E-state index contributed by atoms with van der Waals surface area (Å²) >= 11 is 0. The van der Waals surface area contributed by atoms with Gasteiger partial charge in [-0.15, -0.1) is 0 Å².